The molecule has 7 heteroatoms. The summed E-state index contributed by atoms with van der Waals surface area (Å²) in [6, 6.07) is 12.4. The molecule has 0 spiro atoms. The van der Waals surface area contributed by atoms with E-state index in [9.17, 15) is 9.59 Å². The van der Waals surface area contributed by atoms with E-state index in [-0.39, 0.29) is 18.2 Å². The lowest BCUT2D eigenvalue weighted by Gasteiger charge is -2.28. The monoisotopic (exact) mass is 416 g/mol. The van der Waals surface area contributed by atoms with Gasteiger partial charge in [0.25, 0.3) is 0 Å². The van der Waals surface area contributed by atoms with Crippen LogP contribution < -0.4 is 14.8 Å². The van der Waals surface area contributed by atoms with Crippen molar-refractivity contribution in [3.05, 3.63) is 58.6 Å². The molecule has 1 aliphatic heterocycles. The van der Waals surface area contributed by atoms with Crippen LogP contribution in [0, 0.1) is 0 Å². The number of nitrogens with zero attached hydrogens (tertiary/aromatic N) is 1. The van der Waals surface area contributed by atoms with Crippen molar-refractivity contribution in [1.82, 2.24) is 10.2 Å². The van der Waals surface area contributed by atoms with Gasteiger partial charge in [0.15, 0.2) is 11.5 Å². The Morgan fingerprint density at radius 3 is 2.59 bits per heavy atom. The van der Waals surface area contributed by atoms with Crippen LogP contribution in [0.15, 0.2) is 42.5 Å². The van der Waals surface area contributed by atoms with E-state index in [1.165, 1.54) is 0 Å². The number of likely N-dealkylation sites (N-methyl/N-ethyl adjacent to an activating group) is 1. The second kappa shape index (κ2) is 9.65. The smallest absolute Gasteiger partial charge is 0.242 e. The minimum absolute atomic E-state index is 0.101. The van der Waals surface area contributed by atoms with E-state index in [4.69, 9.17) is 21.1 Å². The number of halogens is 1. The lowest BCUT2D eigenvalue weighted by molar-refractivity contribution is -0.140. The topological polar surface area (TPSA) is 67.9 Å². The number of aryl methyl sites for hydroxylation is 1. The highest BCUT2D eigenvalue weighted by molar-refractivity contribution is 6.30. The van der Waals surface area contributed by atoms with E-state index in [1.807, 2.05) is 30.3 Å². The van der Waals surface area contributed by atoms with Crippen molar-refractivity contribution in [2.75, 3.05) is 20.3 Å². The molecule has 0 saturated carbocycles. The van der Waals surface area contributed by atoms with Crippen LogP contribution in [0.1, 0.15) is 24.5 Å². The van der Waals surface area contributed by atoms with Crippen LogP contribution in [0.3, 0.4) is 0 Å². The zero-order valence-electron chi connectivity index (χ0n) is 16.6. The highest BCUT2D eigenvalue weighted by atomic mass is 35.5. The fourth-order valence-electron chi connectivity index (χ4n) is 3.26. The first kappa shape index (κ1) is 21.0. The minimum Gasteiger partial charge on any atom is -0.486 e. The van der Waals surface area contributed by atoms with Gasteiger partial charge in [-0.15, -0.1) is 0 Å². The standard InChI is InChI=1S/C22H25ClN2O4/c1-15(22(27)24-2)25(14-17-4-3-5-18(23)12-17)21(26)9-7-16-6-8-19-20(13-16)29-11-10-28-19/h3-6,8,12-13,15H,7,9-11,14H2,1-2H3,(H,24,27)/t15-/m0/s1. The predicted molar refractivity (Wildman–Crippen MR) is 111 cm³/mol. The number of carbonyl (C=O) groups excluding carboxylic acids is 2. The van der Waals surface area contributed by atoms with Crippen molar-refractivity contribution in [3.8, 4) is 11.5 Å². The Balaban J connectivity index is 1.71. The van der Waals surface area contributed by atoms with Crippen molar-refractivity contribution >= 4 is 23.4 Å². The zero-order chi connectivity index (χ0) is 20.8. The van der Waals surface area contributed by atoms with Crippen molar-refractivity contribution < 1.29 is 19.1 Å². The lowest BCUT2D eigenvalue weighted by Crippen LogP contribution is -2.46. The number of carbonyl (C=O) groups is 2. The molecule has 0 aliphatic carbocycles. The van der Waals surface area contributed by atoms with E-state index < -0.39 is 6.04 Å². The zero-order valence-corrected chi connectivity index (χ0v) is 17.4. The summed E-state index contributed by atoms with van der Waals surface area (Å²) < 4.78 is 11.1. The van der Waals surface area contributed by atoms with Crippen LogP contribution in [0.25, 0.3) is 0 Å². The third-order valence-corrected chi connectivity index (χ3v) is 5.12. The third kappa shape index (κ3) is 5.41. The maximum Gasteiger partial charge on any atom is 0.242 e. The van der Waals surface area contributed by atoms with E-state index in [0.717, 1.165) is 16.9 Å². The molecule has 0 aromatic heterocycles. The number of fused-ring (bicyclic) bond motifs is 1. The second-order valence-electron chi connectivity index (χ2n) is 6.92. The Hall–Kier alpha value is -2.73. The Bertz CT molecular complexity index is 887. The maximum absolute atomic E-state index is 13.0. The van der Waals surface area contributed by atoms with Crippen LogP contribution in [0.2, 0.25) is 5.02 Å². The minimum atomic E-state index is -0.591. The molecule has 0 bridgehead atoms. The number of benzene rings is 2. The molecule has 2 amide bonds. The number of hydrogen-bond donors (Lipinski definition) is 1. The molecule has 0 radical (unpaired) electrons. The summed E-state index contributed by atoms with van der Waals surface area (Å²) in [7, 11) is 1.57. The second-order valence-corrected chi connectivity index (χ2v) is 7.36. The normalized spacial score (nSPS) is 13.5. The number of hydrogen-bond acceptors (Lipinski definition) is 4. The third-order valence-electron chi connectivity index (χ3n) is 4.89. The van der Waals surface area contributed by atoms with Gasteiger partial charge in [0.1, 0.15) is 19.3 Å². The van der Waals surface area contributed by atoms with Crippen LogP contribution in [-0.2, 0) is 22.6 Å². The van der Waals surface area contributed by atoms with Crippen molar-refractivity contribution in [3.63, 3.8) is 0 Å². The van der Waals surface area contributed by atoms with E-state index in [1.54, 1.807) is 31.0 Å². The number of amides is 2. The average molecular weight is 417 g/mol. The summed E-state index contributed by atoms with van der Waals surface area (Å²) in [6.45, 7) is 3.10. The summed E-state index contributed by atoms with van der Waals surface area (Å²) in [5, 5.41) is 3.21. The Labute approximate surface area is 175 Å². The molecular weight excluding hydrogens is 392 g/mol. The Kier molecular flexibility index (Phi) is 6.99. The molecule has 154 valence electrons. The number of rotatable bonds is 7. The maximum atomic E-state index is 13.0. The molecule has 0 saturated heterocycles. The van der Waals surface area contributed by atoms with Gasteiger partial charge in [-0.1, -0.05) is 29.8 Å². The molecule has 0 unspecified atom stereocenters. The first-order valence-electron chi connectivity index (χ1n) is 9.62. The highest BCUT2D eigenvalue weighted by Gasteiger charge is 2.25. The van der Waals surface area contributed by atoms with Crippen molar-refractivity contribution in [2.45, 2.75) is 32.4 Å². The van der Waals surface area contributed by atoms with Gasteiger partial charge in [0.2, 0.25) is 11.8 Å². The molecule has 6 nitrogen and oxygen atoms in total. The first-order chi connectivity index (χ1) is 14.0. The van der Waals surface area contributed by atoms with E-state index >= 15 is 0 Å². The van der Waals surface area contributed by atoms with Gasteiger partial charge in [-0.05, 0) is 48.7 Å². The number of ether oxygens (including phenoxy) is 2. The Morgan fingerprint density at radius 2 is 1.86 bits per heavy atom. The summed E-state index contributed by atoms with van der Waals surface area (Å²) in [5.74, 6) is 1.12. The van der Waals surface area contributed by atoms with Gasteiger partial charge in [0, 0.05) is 25.0 Å². The molecule has 29 heavy (non-hydrogen) atoms. The fourth-order valence-corrected chi connectivity index (χ4v) is 3.47. The molecular formula is C22H25ClN2O4. The molecule has 2 aromatic carbocycles. The van der Waals surface area contributed by atoms with Gasteiger partial charge in [-0.3, -0.25) is 9.59 Å². The molecule has 0 fully saturated rings. The SMILES string of the molecule is CNC(=O)[C@H](C)N(Cc1cccc(Cl)c1)C(=O)CCc1ccc2c(c1)OCCO2. The Morgan fingerprint density at radius 1 is 1.10 bits per heavy atom. The summed E-state index contributed by atoms with van der Waals surface area (Å²) >= 11 is 6.07. The van der Waals surface area contributed by atoms with Gasteiger partial charge in [-0.25, -0.2) is 0 Å². The fraction of sp³-hybridized carbons (Fsp3) is 0.364. The lowest BCUT2D eigenvalue weighted by atomic mass is 10.1. The summed E-state index contributed by atoms with van der Waals surface area (Å²) in [6.07, 6.45) is 0.823. The van der Waals surface area contributed by atoms with E-state index in [2.05, 4.69) is 5.32 Å². The molecule has 1 heterocycles. The van der Waals surface area contributed by atoms with Gasteiger partial charge < -0.3 is 19.7 Å². The molecule has 1 N–H and O–H groups in total. The average Bonchev–Trinajstić information content (AvgIpc) is 2.74. The quantitative estimate of drug-likeness (QED) is 0.752. The predicted octanol–water partition coefficient (Wildman–Crippen LogP) is 3.21. The molecule has 1 aliphatic rings. The molecule has 3 rings (SSSR count). The largest absolute Gasteiger partial charge is 0.486 e. The van der Waals surface area contributed by atoms with Crippen molar-refractivity contribution in [2.24, 2.45) is 0 Å². The van der Waals surface area contributed by atoms with Gasteiger partial charge in [0.05, 0.1) is 0 Å². The summed E-state index contributed by atoms with van der Waals surface area (Å²) in [5.41, 5.74) is 1.86. The summed E-state index contributed by atoms with van der Waals surface area (Å²) in [4.78, 5) is 26.8. The van der Waals surface area contributed by atoms with Crippen LogP contribution >= 0.6 is 11.6 Å². The molecule has 1 atom stereocenters. The van der Waals surface area contributed by atoms with Crippen LogP contribution in [0.4, 0.5) is 0 Å². The number of nitrogens with one attached hydrogen (secondary N) is 1. The first-order valence-corrected chi connectivity index (χ1v) is 9.99. The van der Waals surface area contributed by atoms with Crippen LogP contribution in [-0.4, -0.2) is 43.0 Å². The van der Waals surface area contributed by atoms with Gasteiger partial charge >= 0.3 is 0 Å². The van der Waals surface area contributed by atoms with Crippen molar-refractivity contribution in [1.29, 1.82) is 0 Å². The van der Waals surface area contributed by atoms with Crippen LogP contribution in [0.5, 0.6) is 11.5 Å². The molecule has 2 aromatic rings. The van der Waals surface area contributed by atoms with E-state index in [0.29, 0.717) is 37.0 Å². The highest BCUT2D eigenvalue weighted by Crippen LogP contribution is 2.31. The van der Waals surface area contributed by atoms with Gasteiger partial charge in [-0.2, -0.15) is 0 Å².